The second kappa shape index (κ2) is 12.1. The number of ether oxygens (including phenoxy) is 3. The maximum Gasteiger partial charge on any atom is 0.408 e. The molecule has 0 aliphatic heterocycles. The van der Waals surface area contributed by atoms with E-state index in [1.165, 1.54) is 21.0 Å². The van der Waals surface area contributed by atoms with Gasteiger partial charge >= 0.3 is 18.2 Å². The van der Waals surface area contributed by atoms with Crippen LogP contribution >= 0.6 is 0 Å². The maximum atomic E-state index is 12.6. The lowest BCUT2D eigenvalue weighted by atomic mass is 10.2. The number of hydrogen-bond acceptors (Lipinski definition) is 8. The molecule has 0 aromatic rings. The van der Waals surface area contributed by atoms with Crippen LogP contribution in [0.1, 0.15) is 55.4 Å². The first-order valence-electron chi connectivity index (χ1n) is 10.1. The van der Waals surface area contributed by atoms with Gasteiger partial charge in [0.1, 0.15) is 29.3 Å². The van der Waals surface area contributed by atoms with Gasteiger partial charge < -0.3 is 35.5 Å². The fraction of sp³-hybridized carbons (Fsp3) is 0.750. The Hall–Kier alpha value is -3.05. The van der Waals surface area contributed by atoms with Gasteiger partial charge in [-0.05, 0) is 55.4 Å². The Kier molecular flexibility index (Phi) is 11.0. The monoisotopic (exact) mass is 460 g/mol. The third-order valence-electron chi connectivity index (χ3n) is 3.52. The smallest absolute Gasteiger partial charge is 0.408 e. The highest BCUT2D eigenvalue weighted by molar-refractivity contribution is 5.93. The summed E-state index contributed by atoms with van der Waals surface area (Å²) in [6, 6.07) is -3.32. The highest BCUT2D eigenvalue weighted by atomic mass is 16.6. The van der Waals surface area contributed by atoms with Gasteiger partial charge in [0, 0.05) is 0 Å². The van der Waals surface area contributed by atoms with Crippen LogP contribution in [-0.2, 0) is 28.6 Å². The molecule has 184 valence electrons. The highest BCUT2D eigenvalue weighted by Gasteiger charge is 2.29. The third kappa shape index (κ3) is 12.6. The fourth-order valence-electron chi connectivity index (χ4n) is 2.11. The van der Waals surface area contributed by atoms with Crippen LogP contribution in [0.3, 0.4) is 0 Å². The Balaban J connectivity index is 5.21. The van der Waals surface area contributed by atoms with E-state index < -0.39 is 59.3 Å². The van der Waals surface area contributed by atoms with Gasteiger partial charge in [-0.15, -0.1) is 0 Å². The first-order valence-corrected chi connectivity index (χ1v) is 10.1. The summed E-state index contributed by atoms with van der Waals surface area (Å²) < 4.78 is 14.8. The first-order chi connectivity index (χ1) is 14.4. The largest absolute Gasteiger partial charge is 0.467 e. The van der Waals surface area contributed by atoms with Crippen molar-refractivity contribution in [3.8, 4) is 0 Å². The lowest BCUT2D eigenvalue weighted by Crippen LogP contribution is -2.58. The zero-order chi connectivity index (χ0) is 25.3. The molecule has 4 amide bonds. The molecule has 0 aliphatic rings. The Morgan fingerprint density at radius 2 is 1.22 bits per heavy atom. The summed E-state index contributed by atoms with van der Waals surface area (Å²) in [5, 5.41) is 9.55. The molecular formula is C20H36N4O8. The average molecular weight is 461 g/mol. The first kappa shape index (κ1) is 28.9. The van der Waals surface area contributed by atoms with Crippen molar-refractivity contribution in [3.05, 3.63) is 0 Å². The van der Waals surface area contributed by atoms with Crippen molar-refractivity contribution in [3.63, 3.8) is 0 Å². The van der Waals surface area contributed by atoms with Crippen LogP contribution in [0.2, 0.25) is 0 Å². The molecule has 3 atom stereocenters. The van der Waals surface area contributed by atoms with Crippen LogP contribution in [0.15, 0.2) is 0 Å². The van der Waals surface area contributed by atoms with E-state index in [4.69, 9.17) is 9.47 Å². The average Bonchev–Trinajstić information content (AvgIpc) is 2.60. The lowest BCUT2D eigenvalue weighted by molar-refractivity contribution is -0.144. The summed E-state index contributed by atoms with van der Waals surface area (Å²) in [6.45, 7) is 12.5. The molecule has 12 heteroatoms. The van der Waals surface area contributed by atoms with E-state index >= 15 is 0 Å². The van der Waals surface area contributed by atoms with Crippen molar-refractivity contribution in [2.75, 3.05) is 13.7 Å². The quantitative estimate of drug-likeness (QED) is 0.302. The summed E-state index contributed by atoms with van der Waals surface area (Å²) >= 11 is 0. The number of hydrogen-bond donors (Lipinski definition) is 4. The predicted molar refractivity (Wildman–Crippen MR) is 115 cm³/mol. The number of methoxy groups -OCH3 is 1. The van der Waals surface area contributed by atoms with Crippen LogP contribution in [0.5, 0.6) is 0 Å². The van der Waals surface area contributed by atoms with Gasteiger partial charge in [-0.1, -0.05) is 0 Å². The normalized spacial score (nSPS) is 14.2. The van der Waals surface area contributed by atoms with E-state index in [0.717, 1.165) is 0 Å². The molecular weight excluding hydrogens is 424 g/mol. The topological polar surface area (TPSA) is 161 Å². The number of alkyl carbamates (subject to hydrolysis) is 2. The summed E-state index contributed by atoms with van der Waals surface area (Å²) in [5.74, 6) is -2.16. The number of esters is 1. The Morgan fingerprint density at radius 3 is 1.69 bits per heavy atom. The van der Waals surface area contributed by atoms with Crippen LogP contribution in [0.25, 0.3) is 0 Å². The minimum absolute atomic E-state index is 0.334. The molecule has 0 saturated heterocycles. The molecule has 0 aliphatic carbocycles. The van der Waals surface area contributed by atoms with Crippen molar-refractivity contribution < 1.29 is 38.2 Å². The van der Waals surface area contributed by atoms with Gasteiger partial charge in [0.2, 0.25) is 11.8 Å². The van der Waals surface area contributed by atoms with E-state index in [0.29, 0.717) is 0 Å². The Morgan fingerprint density at radius 1 is 0.719 bits per heavy atom. The fourth-order valence-corrected chi connectivity index (χ4v) is 2.11. The predicted octanol–water partition coefficient (Wildman–Crippen LogP) is 0.587. The Labute approximate surface area is 188 Å². The zero-order valence-corrected chi connectivity index (χ0v) is 20.2. The second-order valence-corrected chi connectivity index (χ2v) is 9.07. The zero-order valence-electron chi connectivity index (χ0n) is 20.2. The lowest BCUT2D eigenvalue weighted by Gasteiger charge is -2.25. The summed E-state index contributed by atoms with van der Waals surface area (Å²) in [5.41, 5.74) is -1.53. The molecule has 0 unspecified atom stereocenters. The van der Waals surface area contributed by atoms with Gasteiger partial charge in [-0.2, -0.15) is 0 Å². The SMILES string of the molecule is COC(=O)[C@H](C)NC(=O)[C@H](CNC(=O)OC(C)(C)C)NC(=O)[C@H](C)NC(=O)OC(C)(C)C. The second-order valence-electron chi connectivity index (χ2n) is 9.07. The van der Waals surface area contributed by atoms with Crippen molar-refractivity contribution in [2.45, 2.75) is 84.7 Å². The van der Waals surface area contributed by atoms with Gasteiger partial charge in [0.15, 0.2) is 0 Å². The molecule has 0 aromatic heterocycles. The maximum absolute atomic E-state index is 12.6. The summed E-state index contributed by atoms with van der Waals surface area (Å²) in [4.78, 5) is 60.5. The van der Waals surface area contributed by atoms with E-state index in [9.17, 15) is 24.0 Å². The minimum Gasteiger partial charge on any atom is -0.467 e. The number of amides is 4. The van der Waals surface area contributed by atoms with E-state index in [1.807, 2.05) is 0 Å². The molecule has 4 N–H and O–H groups in total. The van der Waals surface area contributed by atoms with Crippen LogP contribution in [0, 0.1) is 0 Å². The molecule has 32 heavy (non-hydrogen) atoms. The molecule has 0 aromatic carbocycles. The van der Waals surface area contributed by atoms with E-state index in [-0.39, 0.29) is 6.54 Å². The molecule has 0 bridgehead atoms. The van der Waals surface area contributed by atoms with E-state index in [1.54, 1.807) is 41.5 Å². The molecule has 12 nitrogen and oxygen atoms in total. The van der Waals surface area contributed by atoms with Gasteiger partial charge in [-0.3, -0.25) is 9.59 Å². The number of nitrogens with one attached hydrogen (secondary N) is 4. The van der Waals surface area contributed by atoms with Crippen LogP contribution in [0.4, 0.5) is 9.59 Å². The minimum atomic E-state index is -1.27. The molecule has 0 fully saturated rings. The molecule has 0 radical (unpaired) electrons. The van der Waals surface area contributed by atoms with Crippen LogP contribution in [-0.4, -0.2) is 73.0 Å². The number of carbonyl (C=O) groups excluding carboxylic acids is 5. The Bertz CT molecular complexity index is 697. The standard InChI is InChI=1S/C20H36N4O8/c1-11(23-18(29)32-20(6,7)8)14(25)24-13(10-21-17(28)31-19(3,4)5)15(26)22-12(2)16(27)30-9/h11-13H,10H2,1-9H3,(H,21,28)(H,22,26)(H,23,29)(H,24,25)/t11-,12-,13-/m0/s1. The van der Waals surface area contributed by atoms with Gasteiger partial charge in [-0.25, -0.2) is 14.4 Å². The molecule has 0 spiro atoms. The third-order valence-corrected chi connectivity index (χ3v) is 3.52. The molecule has 0 heterocycles. The van der Waals surface area contributed by atoms with Crippen LogP contribution < -0.4 is 21.3 Å². The molecule has 0 saturated carbocycles. The summed E-state index contributed by atoms with van der Waals surface area (Å²) in [7, 11) is 1.17. The van der Waals surface area contributed by atoms with Gasteiger partial charge in [0.25, 0.3) is 0 Å². The van der Waals surface area contributed by atoms with Gasteiger partial charge in [0.05, 0.1) is 13.7 Å². The number of carbonyl (C=O) groups is 5. The number of rotatable bonds is 8. The summed E-state index contributed by atoms with van der Waals surface area (Å²) in [6.07, 6.45) is -1.61. The highest BCUT2D eigenvalue weighted by Crippen LogP contribution is 2.07. The van der Waals surface area contributed by atoms with Crippen molar-refractivity contribution in [1.82, 2.24) is 21.3 Å². The molecule has 0 rings (SSSR count). The van der Waals surface area contributed by atoms with Crippen molar-refractivity contribution in [1.29, 1.82) is 0 Å². The van der Waals surface area contributed by atoms with Crippen molar-refractivity contribution in [2.24, 2.45) is 0 Å². The van der Waals surface area contributed by atoms with Crippen molar-refractivity contribution >= 4 is 30.0 Å². The van der Waals surface area contributed by atoms with E-state index in [2.05, 4.69) is 26.0 Å².